The highest BCUT2D eigenvalue weighted by Gasteiger charge is 2.63. The van der Waals surface area contributed by atoms with Crippen LogP contribution in [0.5, 0.6) is 0 Å². The lowest BCUT2D eigenvalue weighted by atomic mass is 10.00. The molecule has 1 saturated heterocycles. The molecule has 0 radical (unpaired) electrons. The van der Waals surface area contributed by atoms with E-state index in [9.17, 15) is 14.4 Å². The number of alkyl halides is 1. The van der Waals surface area contributed by atoms with Crippen molar-refractivity contribution in [3.63, 3.8) is 0 Å². The van der Waals surface area contributed by atoms with Crippen molar-refractivity contribution in [2.75, 3.05) is 5.88 Å². The summed E-state index contributed by atoms with van der Waals surface area (Å²) in [7, 11) is 1.29. The van der Waals surface area contributed by atoms with E-state index in [-0.39, 0.29) is 39.9 Å². The fraction of sp³-hybridized carbons (Fsp3) is 0.438. The van der Waals surface area contributed by atoms with Crippen LogP contribution in [-0.2, 0) is 25.5 Å². The monoisotopic (exact) mass is 410 g/mol. The Kier molecular flexibility index (Phi) is 4.57. The first kappa shape index (κ1) is 17.9. The Labute approximate surface area is 164 Å². The van der Waals surface area contributed by atoms with Crippen LogP contribution in [0.4, 0.5) is 0 Å². The van der Waals surface area contributed by atoms with Gasteiger partial charge in [-0.25, -0.2) is 4.79 Å². The van der Waals surface area contributed by atoms with Gasteiger partial charge in [0.25, 0.3) is 5.91 Å². The van der Waals surface area contributed by atoms with Gasteiger partial charge < -0.3 is 9.97 Å². The van der Waals surface area contributed by atoms with Gasteiger partial charge in [0.15, 0.2) is 0 Å². The first-order valence-electron chi connectivity index (χ1n) is 8.21. The van der Waals surface area contributed by atoms with E-state index < -0.39 is 12.0 Å². The van der Waals surface area contributed by atoms with Crippen LogP contribution >= 0.6 is 34.7 Å². The normalized spacial score (nSPS) is 25.6. The molecule has 2 aliphatic heterocycles. The largest absolute Gasteiger partial charge is 0.539 e. The molecular formula is C16H16BClN2O4S2. The number of amides is 2. The lowest BCUT2D eigenvalue weighted by Crippen LogP contribution is -2.71. The molecule has 4 rings (SSSR count). The number of carbonyl (C=O) groups excluding carboxylic acids is 3. The smallest absolute Gasteiger partial charge is 0.337 e. The molecule has 0 unspecified atom stereocenters. The van der Waals surface area contributed by atoms with Crippen LogP contribution in [0.15, 0.2) is 28.8 Å². The molecule has 2 atom stereocenters. The third-order valence-corrected chi connectivity index (χ3v) is 7.89. The fourth-order valence-electron chi connectivity index (χ4n) is 3.45. The maximum Gasteiger partial charge on any atom is 0.337 e. The number of nitrogens with zero attached hydrogens (tertiary/aromatic N) is 1. The van der Waals surface area contributed by atoms with Gasteiger partial charge in [-0.05, 0) is 29.9 Å². The zero-order chi connectivity index (χ0) is 18.5. The Bertz CT molecular complexity index is 809. The van der Waals surface area contributed by atoms with Crippen molar-refractivity contribution >= 4 is 60.5 Å². The van der Waals surface area contributed by atoms with Crippen LogP contribution in [0.25, 0.3) is 0 Å². The number of fused-ring (bicyclic) bond motifs is 1. The van der Waals surface area contributed by atoms with Crippen molar-refractivity contribution < 1.29 is 19.0 Å². The summed E-state index contributed by atoms with van der Waals surface area (Å²) in [5, 5.41) is 4.44. The molecule has 1 spiro atoms. The topological polar surface area (TPSA) is 75.7 Å². The van der Waals surface area contributed by atoms with Crippen molar-refractivity contribution in [3.8, 4) is 0 Å². The molecule has 1 aromatic heterocycles. The summed E-state index contributed by atoms with van der Waals surface area (Å²) < 4.78 is 4.68. The maximum atomic E-state index is 12.7. The van der Waals surface area contributed by atoms with E-state index in [0.717, 1.165) is 23.3 Å². The Morgan fingerprint density at radius 1 is 1.46 bits per heavy atom. The summed E-state index contributed by atoms with van der Waals surface area (Å²) in [6.07, 6.45) is 2.07. The predicted octanol–water partition coefficient (Wildman–Crippen LogP) is 0.807. The average molecular weight is 411 g/mol. The molecule has 0 bridgehead atoms. The average Bonchev–Trinajstić information content (AvgIpc) is 3.21. The first-order chi connectivity index (χ1) is 12.5. The van der Waals surface area contributed by atoms with Crippen molar-refractivity contribution in [1.29, 1.82) is 0 Å². The number of nitrogens with one attached hydrogen (secondary N) is 1. The molecule has 3 heterocycles. The van der Waals surface area contributed by atoms with Crippen molar-refractivity contribution in [2.24, 2.45) is 0 Å². The van der Waals surface area contributed by atoms with Gasteiger partial charge in [-0.3, -0.25) is 14.5 Å². The summed E-state index contributed by atoms with van der Waals surface area (Å²) in [5.74, 6) is -0.847. The summed E-state index contributed by atoms with van der Waals surface area (Å²) in [6, 6.07) is 3.15. The minimum absolute atomic E-state index is 0.184. The fourth-order valence-corrected chi connectivity index (χ4v) is 6.36. The number of thiophene rings is 1. The SMILES string of the molecule is BOC(=O)C1=C(CCl)C2(CC2)S[C@@H]2[C@H](NC(=O)Cc3cccs3)C(=O)N12. The zero-order valence-corrected chi connectivity index (χ0v) is 16.4. The summed E-state index contributed by atoms with van der Waals surface area (Å²) in [4.78, 5) is 39.6. The number of hydrogen-bond donors (Lipinski definition) is 1. The second kappa shape index (κ2) is 6.62. The molecule has 1 aliphatic carbocycles. The second-order valence-electron chi connectivity index (χ2n) is 6.46. The lowest BCUT2D eigenvalue weighted by molar-refractivity contribution is -0.150. The molecule has 136 valence electrons. The number of halogens is 1. The standard InChI is InChI=1S/C16H16BClN2O4S2/c17-24-15(23)12-9(7-18)16(3-4-16)26-14-11(13(22)20(12)14)19-10(21)6-8-2-1-5-25-8/h1-2,5,11,14H,3-4,6-7,17H2,(H,19,21)/t11-,14-/m1/s1. The third kappa shape index (κ3) is 2.77. The van der Waals surface area contributed by atoms with Gasteiger partial charge in [0.05, 0.1) is 6.42 Å². The molecule has 0 aromatic carbocycles. The van der Waals surface area contributed by atoms with E-state index in [0.29, 0.717) is 0 Å². The van der Waals surface area contributed by atoms with Gasteiger partial charge in [0.2, 0.25) is 5.91 Å². The number of β-lactam (4-membered cyclic amide) rings is 1. The number of carbonyl (C=O) groups is 3. The molecule has 1 saturated carbocycles. The minimum atomic E-state index is -0.624. The number of rotatable bonds is 5. The van der Waals surface area contributed by atoms with E-state index >= 15 is 0 Å². The van der Waals surface area contributed by atoms with Gasteiger partial charge in [0.1, 0.15) is 17.1 Å². The van der Waals surface area contributed by atoms with E-state index in [1.54, 1.807) is 11.8 Å². The highest BCUT2D eigenvalue weighted by Crippen LogP contribution is 2.62. The lowest BCUT2D eigenvalue weighted by Gasteiger charge is -2.52. The van der Waals surface area contributed by atoms with Gasteiger partial charge >= 0.3 is 14.0 Å². The van der Waals surface area contributed by atoms with Gasteiger partial charge in [-0.15, -0.1) is 34.7 Å². The molecule has 26 heavy (non-hydrogen) atoms. The first-order valence-corrected chi connectivity index (χ1v) is 10.5. The van der Waals surface area contributed by atoms with E-state index in [4.69, 9.17) is 16.3 Å². The Hall–Kier alpha value is -1.45. The van der Waals surface area contributed by atoms with Gasteiger partial charge in [-0.2, -0.15) is 0 Å². The van der Waals surface area contributed by atoms with Crippen LogP contribution in [0.1, 0.15) is 17.7 Å². The minimum Gasteiger partial charge on any atom is -0.539 e. The Balaban J connectivity index is 1.55. The predicted molar refractivity (Wildman–Crippen MR) is 103 cm³/mol. The highest BCUT2D eigenvalue weighted by atomic mass is 35.5. The van der Waals surface area contributed by atoms with Gasteiger partial charge in [0, 0.05) is 15.5 Å². The van der Waals surface area contributed by atoms with Crippen LogP contribution in [0.2, 0.25) is 0 Å². The third-order valence-electron chi connectivity index (χ3n) is 4.91. The zero-order valence-electron chi connectivity index (χ0n) is 14.0. The maximum absolute atomic E-state index is 12.7. The molecular weight excluding hydrogens is 395 g/mol. The Morgan fingerprint density at radius 2 is 2.23 bits per heavy atom. The van der Waals surface area contributed by atoms with Gasteiger partial charge in [-0.1, -0.05) is 6.07 Å². The van der Waals surface area contributed by atoms with Crippen molar-refractivity contribution in [1.82, 2.24) is 10.2 Å². The molecule has 1 N–H and O–H groups in total. The van der Waals surface area contributed by atoms with Crippen LogP contribution in [0.3, 0.4) is 0 Å². The molecule has 2 fully saturated rings. The van der Waals surface area contributed by atoms with Crippen LogP contribution < -0.4 is 5.32 Å². The van der Waals surface area contributed by atoms with Crippen LogP contribution in [0, 0.1) is 0 Å². The molecule has 1 aromatic rings. The van der Waals surface area contributed by atoms with Crippen molar-refractivity contribution in [2.45, 2.75) is 35.4 Å². The quantitative estimate of drug-likeness (QED) is 0.442. The summed E-state index contributed by atoms with van der Waals surface area (Å²) in [6.45, 7) is 0. The summed E-state index contributed by atoms with van der Waals surface area (Å²) >= 11 is 9.22. The molecule has 6 nitrogen and oxygen atoms in total. The number of thioether (sulfide) groups is 1. The van der Waals surface area contributed by atoms with E-state index in [2.05, 4.69) is 5.32 Å². The molecule has 2 amide bonds. The van der Waals surface area contributed by atoms with E-state index in [1.165, 1.54) is 24.3 Å². The second-order valence-corrected chi connectivity index (χ2v) is 9.26. The Morgan fingerprint density at radius 3 is 2.81 bits per heavy atom. The van der Waals surface area contributed by atoms with Crippen LogP contribution in [-0.4, -0.2) is 52.8 Å². The molecule has 3 aliphatic rings. The molecule has 10 heteroatoms. The van der Waals surface area contributed by atoms with Crippen molar-refractivity contribution in [3.05, 3.63) is 33.7 Å². The number of hydrogen-bond acceptors (Lipinski definition) is 6. The highest BCUT2D eigenvalue weighted by molar-refractivity contribution is 8.02. The summed E-state index contributed by atoms with van der Waals surface area (Å²) in [5.41, 5.74) is 1.03. The van der Waals surface area contributed by atoms with E-state index in [1.807, 2.05) is 17.5 Å².